The van der Waals surface area contributed by atoms with Crippen LogP contribution in [0.1, 0.15) is 5.56 Å². The highest BCUT2D eigenvalue weighted by Gasteiger charge is 2.35. The van der Waals surface area contributed by atoms with E-state index in [0.717, 1.165) is 12.1 Å². The minimum absolute atomic E-state index is 0.261. The molecule has 0 amide bonds. The summed E-state index contributed by atoms with van der Waals surface area (Å²) in [5.41, 5.74) is 0.265. The van der Waals surface area contributed by atoms with E-state index in [-0.39, 0.29) is 10.0 Å². The number of hydrogen-bond donors (Lipinski definition) is 0. The van der Waals surface area contributed by atoms with Gasteiger partial charge < -0.3 is 0 Å². The zero-order valence-electron chi connectivity index (χ0n) is 7.24. The Morgan fingerprint density at radius 1 is 1.47 bits per heavy atom. The van der Waals surface area contributed by atoms with Crippen LogP contribution in [0.4, 0.5) is 13.2 Å². The molecule has 0 aromatic heterocycles. The highest BCUT2D eigenvalue weighted by Crippen LogP contribution is 2.25. The maximum atomic E-state index is 12.6. The number of benzene rings is 1. The van der Waals surface area contributed by atoms with E-state index in [1.54, 1.807) is 0 Å². The van der Waals surface area contributed by atoms with Gasteiger partial charge in [0.2, 0.25) is 5.78 Å². The van der Waals surface area contributed by atoms with Gasteiger partial charge in [0.05, 0.1) is 0 Å². The summed E-state index contributed by atoms with van der Waals surface area (Å²) in [6.07, 6.45) is -0.544. The van der Waals surface area contributed by atoms with Crippen LogP contribution in [0, 0.1) is 5.82 Å². The zero-order chi connectivity index (χ0) is 11.6. The number of carbonyl (C=O) groups is 1. The monoisotopic (exact) mass is 300 g/mol. The van der Waals surface area contributed by atoms with Gasteiger partial charge in [-0.25, -0.2) is 4.39 Å². The molecule has 0 aliphatic carbocycles. The lowest BCUT2D eigenvalue weighted by Crippen LogP contribution is -2.23. The number of rotatable bonds is 3. The summed E-state index contributed by atoms with van der Waals surface area (Å²) < 4.78 is 37.6. The number of Topliss-reactive ketones (excluding diaryl/α,β-unsaturated/α-hetero) is 1. The summed E-state index contributed by atoms with van der Waals surface area (Å²) in [5.74, 6) is -1.94. The van der Waals surface area contributed by atoms with Gasteiger partial charge in [0.15, 0.2) is 0 Å². The maximum absolute atomic E-state index is 12.6. The second kappa shape index (κ2) is 4.53. The summed E-state index contributed by atoms with van der Waals surface area (Å²) >= 11 is 7.51. The Kier molecular flexibility index (Phi) is 3.78. The van der Waals surface area contributed by atoms with Crippen LogP contribution in [0.5, 0.6) is 0 Å². The molecule has 0 spiro atoms. The molecule has 0 atom stereocenters. The molecule has 0 heterocycles. The summed E-state index contributed by atoms with van der Waals surface area (Å²) in [6, 6.07) is 3.43. The number of alkyl halides is 3. The van der Waals surface area contributed by atoms with Crippen LogP contribution in [0.25, 0.3) is 0 Å². The summed E-state index contributed by atoms with van der Waals surface area (Å²) in [4.78, 5) is 10.9. The molecular formula is C9H5BrClF3O. The highest BCUT2D eigenvalue weighted by molar-refractivity contribution is 9.10. The van der Waals surface area contributed by atoms with E-state index in [4.69, 9.17) is 0 Å². The molecule has 0 saturated heterocycles. The Labute approximate surface area is 97.4 Å². The third-order valence-corrected chi connectivity index (χ3v) is 2.63. The number of carbonyl (C=O) groups excluding carboxylic acids is 1. The molecule has 1 rings (SSSR count). The van der Waals surface area contributed by atoms with Gasteiger partial charge in [0.1, 0.15) is 5.82 Å². The largest absolute Gasteiger partial charge is 0.380 e. The van der Waals surface area contributed by atoms with Crippen molar-refractivity contribution in [2.75, 3.05) is 0 Å². The van der Waals surface area contributed by atoms with Crippen LogP contribution in [0.3, 0.4) is 0 Å². The van der Waals surface area contributed by atoms with Crippen molar-refractivity contribution in [1.29, 1.82) is 0 Å². The van der Waals surface area contributed by atoms with Crippen LogP contribution >= 0.6 is 27.5 Å². The predicted octanol–water partition coefficient (Wildman–Crippen LogP) is 3.53. The molecule has 0 fully saturated rings. The van der Waals surface area contributed by atoms with E-state index in [0.29, 0.717) is 0 Å². The SMILES string of the molecule is O=C(Cc1ccc(F)cc1Br)C(F)(F)Cl. The Morgan fingerprint density at radius 2 is 2.07 bits per heavy atom. The van der Waals surface area contributed by atoms with Gasteiger partial charge in [-0.1, -0.05) is 22.0 Å². The first kappa shape index (κ1) is 12.5. The van der Waals surface area contributed by atoms with Gasteiger partial charge in [-0.2, -0.15) is 8.78 Å². The summed E-state index contributed by atoms with van der Waals surface area (Å²) in [6.45, 7) is 0. The van der Waals surface area contributed by atoms with Gasteiger partial charge in [-0.3, -0.25) is 4.79 Å². The molecule has 0 unspecified atom stereocenters. The van der Waals surface area contributed by atoms with Gasteiger partial charge >= 0.3 is 5.38 Å². The van der Waals surface area contributed by atoms with Gasteiger partial charge in [0.25, 0.3) is 0 Å². The van der Waals surface area contributed by atoms with Gasteiger partial charge in [-0.15, -0.1) is 0 Å². The first-order valence-electron chi connectivity index (χ1n) is 3.84. The zero-order valence-corrected chi connectivity index (χ0v) is 9.58. The molecule has 6 heteroatoms. The molecule has 0 aliphatic rings. The standard InChI is InChI=1S/C9H5BrClF3O/c10-7-4-6(12)2-1-5(7)3-8(15)9(11,13)14/h1-2,4H,3H2. The number of halogens is 5. The molecule has 0 radical (unpaired) electrons. The molecule has 0 saturated carbocycles. The molecule has 0 bridgehead atoms. The second-order valence-corrected chi connectivity index (χ2v) is 4.16. The van der Waals surface area contributed by atoms with Crippen molar-refractivity contribution < 1.29 is 18.0 Å². The van der Waals surface area contributed by atoms with E-state index in [1.807, 2.05) is 0 Å². The average Bonchev–Trinajstić information content (AvgIpc) is 2.08. The van der Waals surface area contributed by atoms with E-state index >= 15 is 0 Å². The molecule has 0 aliphatic heterocycles. The number of ketones is 1. The van der Waals surface area contributed by atoms with E-state index < -0.39 is 23.4 Å². The lowest BCUT2D eigenvalue weighted by atomic mass is 10.1. The van der Waals surface area contributed by atoms with Crippen LogP contribution in [0.15, 0.2) is 22.7 Å². The Morgan fingerprint density at radius 3 is 2.53 bits per heavy atom. The lowest BCUT2D eigenvalue weighted by molar-refractivity contribution is -0.132. The first-order chi connectivity index (χ1) is 6.80. The maximum Gasteiger partial charge on any atom is 0.380 e. The van der Waals surface area contributed by atoms with Crippen molar-refractivity contribution in [2.45, 2.75) is 11.8 Å². The minimum atomic E-state index is -3.88. The third kappa shape index (κ3) is 3.50. The molecule has 0 N–H and O–H groups in total. The topological polar surface area (TPSA) is 17.1 Å². The molecule has 1 nitrogen and oxygen atoms in total. The molecule has 82 valence electrons. The molecular weight excluding hydrogens is 296 g/mol. The van der Waals surface area contributed by atoms with Gasteiger partial charge in [-0.05, 0) is 29.3 Å². The van der Waals surface area contributed by atoms with Crippen molar-refractivity contribution >= 4 is 33.3 Å². The Balaban J connectivity index is 2.87. The van der Waals surface area contributed by atoms with Crippen molar-refractivity contribution in [1.82, 2.24) is 0 Å². The lowest BCUT2D eigenvalue weighted by Gasteiger charge is -2.07. The van der Waals surface area contributed by atoms with Crippen LogP contribution in [-0.4, -0.2) is 11.2 Å². The van der Waals surface area contributed by atoms with Crippen molar-refractivity contribution in [2.24, 2.45) is 0 Å². The Hall–Kier alpha value is -0.550. The quantitative estimate of drug-likeness (QED) is 0.781. The van der Waals surface area contributed by atoms with Crippen molar-refractivity contribution in [3.63, 3.8) is 0 Å². The number of hydrogen-bond acceptors (Lipinski definition) is 1. The molecule has 15 heavy (non-hydrogen) atoms. The molecule has 1 aromatic carbocycles. The first-order valence-corrected chi connectivity index (χ1v) is 5.02. The Bertz CT molecular complexity index is 389. The van der Waals surface area contributed by atoms with Gasteiger partial charge in [0, 0.05) is 10.9 Å². The van der Waals surface area contributed by atoms with Crippen molar-refractivity contribution in [3.8, 4) is 0 Å². The van der Waals surface area contributed by atoms with E-state index in [1.165, 1.54) is 6.07 Å². The third-order valence-electron chi connectivity index (χ3n) is 1.68. The fraction of sp³-hybridized carbons (Fsp3) is 0.222. The summed E-state index contributed by atoms with van der Waals surface area (Å²) in [5, 5.41) is -3.88. The van der Waals surface area contributed by atoms with E-state index in [2.05, 4.69) is 27.5 Å². The van der Waals surface area contributed by atoms with E-state index in [9.17, 15) is 18.0 Å². The molecule has 1 aromatic rings. The average molecular weight is 301 g/mol. The minimum Gasteiger partial charge on any atom is -0.291 e. The van der Waals surface area contributed by atoms with Crippen LogP contribution in [0.2, 0.25) is 0 Å². The fourth-order valence-corrected chi connectivity index (χ4v) is 1.50. The van der Waals surface area contributed by atoms with Crippen LogP contribution < -0.4 is 0 Å². The normalized spacial score (nSPS) is 11.5. The second-order valence-electron chi connectivity index (χ2n) is 2.83. The highest BCUT2D eigenvalue weighted by atomic mass is 79.9. The van der Waals surface area contributed by atoms with Crippen molar-refractivity contribution in [3.05, 3.63) is 34.1 Å². The summed E-state index contributed by atoms with van der Waals surface area (Å²) in [7, 11) is 0. The smallest absolute Gasteiger partial charge is 0.291 e. The fourth-order valence-electron chi connectivity index (χ4n) is 0.938. The van der Waals surface area contributed by atoms with Crippen LogP contribution in [-0.2, 0) is 11.2 Å². The predicted molar refractivity (Wildman–Crippen MR) is 53.6 cm³/mol.